The van der Waals surface area contributed by atoms with Crippen molar-refractivity contribution in [1.29, 1.82) is 0 Å². The van der Waals surface area contributed by atoms with Gasteiger partial charge in [0.2, 0.25) is 0 Å². The number of carbonyl (C=O) groups is 1. The van der Waals surface area contributed by atoms with Crippen LogP contribution in [0.5, 0.6) is 0 Å². The summed E-state index contributed by atoms with van der Waals surface area (Å²) in [6.45, 7) is 4.40. The molecule has 0 unspecified atom stereocenters. The minimum absolute atomic E-state index is 0.124. The van der Waals surface area contributed by atoms with Gasteiger partial charge in [-0.2, -0.15) is 0 Å². The van der Waals surface area contributed by atoms with E-state index in [9.17, 15) is 4.79 Å². The van der Waals surface area contributed by atoms with Crippen molar-refractivity contribution in [3.63, 3.8) is 0 Å². The summed E-state index contributed by atoms with van der Waals surface area (Å²) in [6.07, 6.45) is 1.01. The minimum atomic E-state index is -0.906. The van der Waals surface area contributed by atoms with Crippen LogP contribution in [-0.2, 0) is 6.54 Å². The summed E-state index contributed by atoms with van der Waals surface area (Å²) in [4.78, 5) is 12.9. The molecule has 4 heteroatoms. The number of rotatable bonds is 7. The molecule has 0 aliphatic heterocycles. The number of hydrogen-bond donors (Lipinski definition) is 2. The number of aromatic carboxylic acids is 1. The van der Waals surface area contributed by atoms with Crippen molar-refractivity contribution in [2.75, 3.05) is 19.7 Å². The molecule has 17 heavy (non-hydrogen) atoms. The standard InChI is InChI=1S/C13H19NO3/c1-2-6-14(7-8-15)10-11-4-3-5-12(9-11)13(16)17/h3-5,9,15H,2,6-8,10H2,1H3,(H,16,17). The Morgan fingerprint density at radius 1 is 1.35 bits per heavy atom. The van der Waals surface area contributed by atoms with E-state index in [-0.39, 0.29) is 6.61 Å². The zero-order chi connectivity index (χ0) is 12.7. The molecule has 0 heterocycles. The minimum Gasteiger partial charge on any atom is -0.478 e. The van der Waals surface area contributed by atoms with E-state index in [1.807, 2.05) is 6.07 Å². The highest BCUT2D eigenvalue weighted by Crippen LogP contribution is 2.09. The Kier molecular flexibility index (Phi) is 5.66. The molecular weight excluding hydrogens is 218 g/mol. The molecule has 0 saturated heterocycles. The predicted octanol–water partition coefficient (Wildman–Crippen LogP) is 1.59. The van der Waals surface area contributed by atoms with Crippen LogP contribution in [0.15, 0.2) is 24.3 Å². The number of hydrogen-bond acceptors (Lipinski definition) is 3. The van der Waals surface area contributed by atoms with Gasteiger partial charge in [-0.05, 0) is 30.7 Å². The fraction of sp³-hybridized carbons (Fsp3) is 0.462. The van der Waals surface area contributed by atoms with E-state index in [1.54, 1.807) is 18.2 Å². The average molecular weight is 237 g/mol. The second-order valence-corrected chi connectivity index (χ2v) is 4.01. The quantitative estimate of drug-likeness (QED) is 0.756. The molecule has 0 atom stereocenters. The molecule has 0 saturated carbocycles. The van der Waals surface area contributed by atoms with E-state index in [1.165, 1.54) is 0 Å². The lowest BCUT2D eigenvalue weighted by Crippen LogP contribution is -2.27. The van der Waals surface area contributed by atoms with Crippen molar-refractivity contribution in [1.82, 2.24) is 4.90 Å². The van der Waals surface area contributed by atoms with Crippen molar-refractivity contribution in [3.8, 4) is 0 Å². The predicted molar refractivity (Wildman–Crippen MR) is 66.1 cm³/mol. The van der Waals surface area contributed by atoms with E-state index in [0.29, 0.717) is 18.7 Å². The Labute approximate surface area is 101 Å². The Balaban J connectivity index is 2.71. The Morgan fingerprint density at radius 2 is 2.12 bits per heavy atom. The molecule has 0 aromatic heterocycles. The van der Waals surface area contributed by atoms with E-state index in [0.717, 1.165) is 18.5 Å². The summed E-state index contributed by atoms with van der Waals surface area (Å²) in [7, 11) is 0. The Hall–Kier alpha value is -1.39. The maximum Gasteiger partial charge on any atom is 0.335 e. The summed E-state index contributed by atoms with van der Waals surface area (Å²) in [5.74, 6) is -0.906. The number of aliphatic hydroxyl groups is 1. The number of carboxylic acids is 1. The summed E-state index contributed by atoms with van der Waals surface area (Å²) in [5.41, 5.74) is 1.27. The van der Waals surface area contributed by atoms with Crippen molar-refractivity contribution < 1.29 is 15.0 Å². The summed E-state index contributed by atoms with van der Waals surface area (Å²) >= 11 is 0. The van der Waals surface area contributed by atoms with Crippen molar-refractivity contribution >= 4 is 5.97 Å². The fourth-order valence-corrected chi connectivity index (χ4v) is 1.79. The molecule has 1 aromatic rings. The molecule has 0 amide bonds. The average Bonchev–Trinajstić information content (AvgIpc) is 2.30. The molecule has 0 aliphatic rings. The SMILES string of the molecule is CCCN(CCO)Cc1cccc(C(=O)O)c1. The maximum absolute atomic E-state index is 10.8. The van der Waals surface area contributed by atoms with Gasteiger partial charge < -0.3 is 10.2 Å². The van der Waals surface area contributed by atoms with Gasteiger partial charge in [0.05, 0.1) is 12.2 Å². The van der Waals surface area contributed by atoms with E-state index in [2.05, 4.69) is 11.8 Å². The van der Waals surface area contributed by atoms with Crippen molar-refractivity contribution in [3.05, 3.63) is 35.4 Å². The Bertz CT molecular complexity index is 359. The number of aliphatic hydroxyl groups excluding tert-OH is 1. The lowest BCUT2D eigenvalue weighted by atomic mass is 10.1. The first-order chi connectivity index (χ1) is 8.17. The van der Waals surface area contributed by atoms with Gasteiger partial charge in [0.25, 0.3) is 0 Å². The molecule has 1 rings (SSSR count). The second-order valence-electron chi connectivity index (χ2n) is 4.01. The molecule has 0 radical (unpaired) electrons. The molecule has 2 N–H and O–H groups in total. The maximum atomic E-state index is 10.8. The zero-order valence-corrected chi connectivity index (χ0v) is 10.1. The van der Waals surface area contributed by atoms with E-state index < -0.39 is 5.97 Å². The summed E-state index contributed by atoms with van der Waals surface area (Å²) in [5, 5.41) is 17.8. The second kappa shape index (κ2) is 7.04. The van der Waals surface area contributed by atoms with Crippen molar-refractivity contribution in [2.24, 2.45) is 0 Å². The number of carboxylic acid groups (broad SMARTS) is 1. The highest BCUT2D eigenvalue weighted by Gasteiger charge is 2.07. The third-order valence-electron chi connectivity index (χ3n) is 2.54. The van der Waals surface area contributed by atoms with Gasteiger partial charge in [0.15, 0.2) is 0 Å². The molecule has 4 nitrogen and oxygen atoms in total. The van der Waals surface area contributed by atoms with Crippen LogP contribution in [0.1, 0.15) is 29.3 Å². The van der Waals surface area contributed by atoms with Crippen LogP contribution in [0.3, 0.4) is 0 Å². The van der Waals surface area contributed by atoms with Crippen LogP contribution in [0, 0.1) is 0 Å². The summed E-state index contributed by atoms with van der Waals surface area (Å²) < 4.78 is 0. The lowest BCUT2D eigenvalue weighted by Gasteiger charge is -2.20. The van der Waals surface area contributed by atoms with Gasteiger partial charge in [-0.1, -0.05) is 19.1 Å². The first-order valence-electron chi connectivity index (χ1n) is 5.82. The van der Waals surface area contributed by atoms with Gasteiger partial charge in [0, 0.05) is 13.1 Å². The molecule has 0 spiro atoms. The van der Waals surface area contributed by atoms with Gasteiger partial charge in [0.1, 0.15) is 0 Å². The van der Waals surface area contributed by atoms with Crippen molar-refractivity contribution in [2.45, 2.75) is 19.9 Å². The normalized spacial score (nSPS) is 10.8. The van der Waals surface area contributed by atoms with E-state index >= 15 is 0 Å². The monoisotopic (exact) mass is 237 g/mol. The topological polar surface area (TPSA) is 60.8 Å². The molecular formula is C13H19NO3. The van der Waals surface area contributed by atoms with Crippen LogP contribution in [-0.4, -0.2) is 40.8 Å². The lowest BCUT2D eigenvalue weighted by molar-refractivity contribution is 0.0696. The first-order valence-corrected chi connectivity index (χ1v) is 5.82. The van der Waals surface area contributed by atoms with Crippen LogP contribution < -0.4 is 0 Å². The van der Waals surface area contributed by atoms with Crippen LogP contribution in [0.2, 0.25) is 0 Å². The third kappa shape index (κ3) is 4.54. The highest BCUT2D eigenvalue weighted by atomic mass is 16.4. The number of nitrogens with zero attached hydrogens (tertiary/aromatic N) is 1. The fourth-order valence-electron chi connectivity index (χ4n) is 1.79. The van der Waals surface area contributed by atoms with Crippen LogP contribution in [0.25, 0.3) is 0 Å². The number of benzene rings is 1. The smallest absolute Gasteiger partial charge is 0.335 e. The van der Waals surface area contributed by atoms with Crippen LogP contribution in [0.4, 0.5) is 0 Å². The van der Waals surface area contributed by atoms with Gasteiger partial charge in [-0.3, -0.25) is 4.90 Å². The zero-order valence-electron chi connectivity index (χ0n) is 10.1. The van der Waals surface area contributed by atoms with Crippen LogP contribution >= 0.6 is 0 Å². The molecule has 0 fully saturated rings. The van der Waals surface area contributed by atoms with Gasteiger partial charge >= 0.3 is 5.97 Å². The highest BCUT2D eigenvalue weighted by molar-refractivity contribution is 5.87. The van der Waals surface area contributed by atoms with Gasteiger partial charge in [-0.25, -0.2) is 4.79 Å². The Morgan fingerprint density at radius 3 is 2.71 bits per heavy atom. The molecule has 0 bridgehead atoms. The third-order valence-corrected chi connectivity index (χ3v) is 2.54. The molecule has 0 aliphatic carbocycles. The van der Waals surface area contributed by atoms with E-state index in [4.69, 9.17) is 10.2 Å². The largest absolute Gasteiger partial charge is 0.478 e. The summed E-state index contributed by atoms with van der Waals surface area (Å²) in [6, 6.07) is 6.93. The first kappa shape index (κ1) is 13.7. The molecule has 1 aromatic carbocycles. The molecule has 94 valence electrons. The van der Waals surface area contributed by atoms with Gasteiger partial charge in [-0.15, -0.1) is 0 Å².